The maximum absolute atomic E-state index is 12.0. The second-order valence-corrected chi connectivity index (χ2v) is 6.46. The Morgan fingerprint density at radius 3 is 2.68 bits per heavy atom. The molecule has 0 fully saturated rings. The number of thioether (sulfide) groups is 1. The first-order chi connectivity index (χ1) is 9.19. The van der Waals surface area contributed by atoms with Crippen LogP contribution in [0.3, 0.4) is 0 Å². The Balaban J connectivity index is 1.94. The maximum atomic E-state index is 12.0. The molecule has 2 rings (SSSR count). The van der Waals surface area contributed by atoms with E-state index in [2.05, 4.69) is 5.32 Å². The molecule has 1 aromatic carbocycles. The van der Waals surface area contributed by atoms with Crippen LogP contribution in [0.25, 0.3) is 0 Å². The van der Waals surface area contributed by atoms with Crippen LogP contribution in [0.1, 0.15) is 12.5 Å². The predicted molar refractivity (Wildman–Crippen MR) is 79.4 cm³/mol. The standard InChI is InChI=1S/C14H12N2OS2/c1-10(19-13-3-2-8-18-13)14(17)16-12-6-4-11(9-15)5-7-12/h2-8,10H,1H3,(H,16,17). The summed E-state index contributed by atoms with van der Waals surface area (Å²) < 4.78 is 1.13. The molecule has 0 bridgehead atoms. The fraction of sp³-hybridized carbons (Fsp3) is 0.143. The van der Waals surface area contributed by atoms with Crippen LogP contribution in [-0.4, -0.2) is 11.2 Å². The Morgan fingerprint density at radius 2 is 2.11 bits per heavy atom. The van der Waals surface area contributed by atoms with Crippen LogP contribution >= 0.6 is 23.1 Å². The van der Waals surface area contributed by atoms with E-state index in [-0.39, 0.29) is 11.2 Å². The summed E-state index contributed by atoms with van der Waals surface area (Å²) in [5, 5.41) is 13.4. The Labute approximate surface area is 120 Å². The average molecular weight is 288 g/mol. The van der Waals surface area contributed by atoms with Crippen molar-refractivity contribution in [3.05, 3.63) is 47.3 Å². The molecule has 0 radical (unpaired) electrons. The average Bonchev–Trinajstić information content (AvgIpc) is 2.92. The van der Waals surface area contributed by atoms with E-state index in [0.29, 0.717) is 11.3 Å². The lowest BCUT2D eigenvalue weighted by Gasteiger charge is -2.10. The van der Waals surface area contributed by atoms with E-state index >= 15 is 0 Å². The van der Waals surface area contributed by atoms with Gasteiger partial charge in [0, 0.05) is 5.69 Å². The number of hydrogen-bond acceptors (Lipinski definition) is 4. The lowest BCUT2D eigenvalue weighted by molar-refractivity contribution is -0.115. The number of carbonyl (C=O) groups is 1. The number of hydrogen-bond donors (Lipinski definition) is 1. The van der Waals surface area contributed by atoms with Gasteiger partial charge in [-0.05, 0) is 42.6 Å². The summed E-state index contributed by atoms with van der Waals surface area (Å²) in [4.78, 5) is 12.0. The Kier molecular flexibility index (Phi) is 4.61. The minimum Gasteiger partial charge on any atom is -0.325 e. The predicted octanol–water partition coefficient (Wildman–Crippen LogP) is 3.74. The molecule has 96 valence electrons. The summed E-state index contributed by atoms with van der Waals surface area (Å²) in [6.07, 6.45) is 0. The lowest BCUT2D eigenvalue weighted by Crippen LogP contribution is -2.22. The number of anilines is 1. The van der Waals surface area contributed by atoms with Crippen LogP contribution in [0.4, 0.5) is 5.69 Å². The second kappa shape index (κ2) is 6.41. The van der Waals surface area contributed by atoms with Gasteiger partial charge in [0.2, 0.25) is 5.91 Å². The van der Waals surface area contributed by atoms with E-state index in [1.807, 2.05) is 30.5 Å². The van der Waals surface area contributed by atoms with Crippen molar-refractivity contribution in [3.8, 4) is 6.07 Å². The van der Waals surface area contributed by atoms with Gasteiger partial charge in [-0.2, -0.15) is 5.26 Å². The zero-order valence-electron chi connectivity index (χ0n) is 10.3. The van der Waals surface area contributed by atoms with Crippen molar-refractivity contribution in [3.63, 3.8) is 0 Å². The minimum atomic E-state index is -0.158. The SMILES string of the molecule is CC(Sc1cccs1)C(=O)Nc1ccc(C#N)cc1. The molecule has 3 nitrogen and oxygen atoms in total. The summed E-state index contributed by atoms with van der Waals surface area (Å²) in [6, 6.07) is 12.9. The third-order valence-electron chi connectivity index (χ3n) is 2.44. The first-order valence-corrected chi connectivity index (χ1v) is 7.46. The van der Waals surface area contributed by atoms with Gasteiger partial charge < -0.3 is 5.32 Å². The van der Waals surface area contributed by atoms with Crippen LogP contribution in [-0.2, 0) is 4.79 Å². The maximum Gasteiger partial charge on any atom is 0.237 e. The van der Waals surface area contributed by atoms with Crippen molar-refractivity contribution in [1.29, 1.82) is 5.26 Å². The van der Waals surface area contributed by atoms with Gasteiger partial charge in [0.05, 0.1) is 21.1 Å². The van der Waals surface area contributed by atoms with Crippen molar-refractivity contribution >= 4 is 34.7 Å². The molecule has 0 aliphatic rings. The number of amides is 1. The highest BCUT2D eigenvalue weighted by molar-refractivity contribution is 8.02. The summed E-state index contributed by atoms with van der Waals surface area (Å²) in [7, 11) is 0. The van der Waals surface area contributed by atoms with Gasteiger partial charge in [-0.25, -0.2) is 0 Å². The molecule has 1 atom stereocenters. The molecule has 0 spiro atoms. The Bertz CT molecular complexity index is 585. The van der Waals surface area contributed by atoms with Crippen molar-refractivity contribution in [2.45, 2.75) is 16.4 Å². The molecule has 0 saturated heterocycles. The van der Waals surface area contributed by atoms with E-state index < -0.39 is 0 Å². The van der Waals surface area contributed by atoms with Gasteiger partial charge in [-0.15, -0.1) is 23.1 Å². The van der Waals surface area contributed by atoms with Crippen molar-refractivity contribution < 1.29 is 4.79 Å². The molecule has 2 aromatic rings. The largest absolute Gasteiger partial charge is 0.325 e. The van der Waals surface area contributed by atoms with Gasteiger partial charge in [0.1, 0.15) is 0 Å². The molecule has 0 saturated carbocycles. The summed E-state index contributed by atoms with van der Waals surface area (Å²) in [5.41, 5.74) is 1.29. The molecular weight excluding hydrogens is 276 g/mol. The van der Waals surface area contributed by atoms with E-state index in [9.17, 15) is 4.79 Å². The van der Waals surface area contributed by atoms with Crippen LogP contribution in [0.15, 0.2) is 46.0 Å². The number of nitrogens with one attached hydrogen (secondary N) is 1. The molecule has 0 aliphatic heterocycles. The summed E-state index contributed by atoms with van der Waals surface area (Å²) in [6.45, 7) is 1.88. The van der Waals surface area contributed by atoms with Gasteiger partial charge in [-0.1, -0.05) is 6.07 Å². The number of rotatable bonds is 4. The van der Waals surface area contributed by atoms with Gasteiger partial charge in [0.25, 0.3) is 0 Å². The molecule has 5 heteroatoms. The van der Waals surface area contributed by atoms with Gasteiger partial charge in [0.15, 0.2) is 0 Å². The van der Waals surface area contributed by atoms with E-state index in [4.69, 9.17) is 5.26 Å². The van der Waals surface area contributed by atoms with Crippen molar-refractivity contribution in [2.75, 3.05) is 5.32 Å². The monoisotopic (exact) mass is 288 g/mol. The molecule has 1 unspecified atom stereocenters. The summed E-state index contributed by atoms with van der Waals surface area (Å²) >= 11 is 3.17. The Morgan fingerprint density at radius 1 is 1.37 bits per heavy atom. The highest BCUT2D eigenvalue weighted by Crippen LogP contribution is 2.28. The number of nitriles is 1. The molecular formula is C14H12N2OS2. The lowest BCUT2D eigenvalue weighted by atomic mass is 10.2. The molecule has 1 N–H and O–H groups in total. The molecule has 1 aromatic heterocycles. The van der Waals surface area contributed by atoms with Gasteiger partial charge >= 0.3 is 0 Å². The van der Waals surface area contributed by atoms with Crippen molar-refractivity contribution in [1.82, 2.24) is 0 Å². The zero-order chi connectivity index (χ0) is 13.7. The van der Waals surface area contributed by atoms with Crippen molar-refractivity contribution in [2.24, 2.45) is 0 Å². The molecule has 1 amide bonds. The number of thiophene rings is 1. The van der Waals surface area contributed by atoms with Crippen LogP contribution in [0.5, 0.6) is 0 Å². The second-order valence-electron chi connectivity index (χ2n) is 3.87. The topological polar surface area (TPSA) is 52.9 Å². The third-order valence-corrected chi connectivity index (χ3v) is 4.61. The van der Waals surface area contributed by atoms with Gasteiger partial charge in [-0.3, -0.25) is 4.79 Å². The zero-order valence-corrected chi connectivity index (χ0v) is 11.9. The highest BCUT2D eigenvalue weighted by atomic mass is 32.2. The molecule has 1 heterocycles. The van der Waals surface area contributed by atoms with Crippen LogP contribution < -0.4 is 5.32 Å². The third kappa shape index (κ3) is 3.85. The fourth-order valence-electron chi connectivity index (χ4n) is 1.43. The smallest absolute Gasteiger partial charge is 0.237 e. The van der Waals surface area contributed by atoms with Crippen LogP contribution in [0.2, 0.25) is 0 Å². The fourth-order valence-corrected chi connectivity index (χ4v) is 3.37. The summed E-state index contributed by atoms with van der Waals surface area (Å²) in [5.74, 6) is -0.0388. The quantitative estimate of drug-likeness (QED) is 0.872. The number of carbonyl (C=O) groups excluding carboxylic acids is 1. The van der Waals surface area contributed by atoms with E-state index in [1.54, 1.807) is 35.6 Å². The normalized spacial score (nSPS) is 11.6. The van der Waals surface area contributed by atoms with Crippen LogP contribution in [0, 0.1) is 11.3 Å². The Hall–Kier alpha value is -1.77. The van der Waals surface area contributed by atoms with E-state index in [0.717, 1.165) is 4.21 Å². The highest BCUT2D eigenvalue weighted by Gasteiger charge is 2.14. The first kappa shape index (κ1) is 13.7. The molecule has 0 aliphatic carbocycles. The van der Waals surface area contributed by atoms with E-state index in [1.165, 1.54) is 11.8 Å². The number of nitrogens with zero attached hydrogens (tertiary/aromatic N) is 1. The first-order valence-electron chi connectivity index (χ1n) is 5.70. The molecule has 19 heavy (non-hydrogen) atoms. The minimum absolute atomic E-state index is 0.0388. The number of benzene rings is 1.